The highest BCUT2D eigenvalue weighted by Gasteiger charge is 2.09. The standard InChI is InChI=1S/C54H32/c1-2-6-34-18-45-21-37(9-13-41(45)17-33(34)5-1)38-10-14-42-25-52-29-47-23-39(11-15-43(47)26-51(52)28-46(42)22-38)40-12-16-44-27-53-31-49-19-35-7-3-4-8-36(35)20-50(49)32-54(53)30-48(44)24-40/h1-32H. The molecule has 0 radical (unpaired) electrons. The van der Waals surface area contributed by atoms with Crippen molar-refractivity contribution in [3.63, 3.8) is 0 Å². The molecule has 0 unspecified atom stereocenters. The van der Waals surface area contributed by atoms with Gasteiger partial charge in [-0.1, -0.05) is 97.1 Å². The van der Waals surface area contributed by atoms with Crippen LogP contribution < -0.4 is 0 Å². The molecule has 12 rings (SSSR count). The minimum atomic E-state index is 1.24. The number of rotatable bonds is 2. The van der Waals surface area contributed by atoms with E-state index >= 15 is 0 Å². The Morgan fingerprint density at radius 1 is 0.130 bits per heavy atom. The molecule has 0 aliphatic rings. The van der Waals surface area contributed by atoms with E-state index in [9.17, 15) is 0 Å². The predicted octanol–water partition coefficient (Wildman–Crippen LogP) is 15.4. The van der Waals surface area contributed by atoms with Crippen molar-refractivity contribution in [2.75, 3.05) is 0 Å². The molecule has 12 aromatic rings. The molecular formula is C54H32. The molecule has 248 valence electrons. The summed E-state index contributed by atoms with van der Waals surface area (Å²) < 4.78 is 0. The van der Waals surface area contributed by atoms with Crippen LogP contribution in [0.3, 0.4) is 0 Å². The van der Waals surface area contributed by atoms with Crippen LogP contribution in [-0.2, 0) is 0 Å². The molecule has 0 nitrogen and oxygen atoms in total. The third kappa shape index (κ3) is 4.78. The minimum absolute atomic E-state index is 1.24. The SMILES string of the molecule is c1ccc2cc3cc(-c4ccc5cc6cc7cc(-c8ccc9cc%10cc%11cc%12ccccc%12cc%11cc%10cc9c8)ccc7cc6cc5c4)ccc3cc2c1. The third-order valence-corrected chi connectivity index (χ3v) is 11.7. The van der Waals surface area contributed by atoms with E-state index in [-0.39, 0.29) is 0 Å². The molecule has 0 fully saturated rings. The monoisotopic (exact) mass is 680 g/mol. The molecule has 54 heavy (non-hydrogen) atoms. The van der Waals surface area contributed by atoms with Crippen molar-refractivity contribution in [1.29, 1.82) is 0 Å². The molecule has 0 heteroatoms. The maximum Gasteiger partial charge on any atom is -0.0171 e. The zero-order valence-electron chi connectivity index (χ0n) is 29.5. The molecule has 0 bridgehead atoms. The molecule has 0 N–H and O–H groups in total. The van der Waals surface area contributed by atoms with Gasteiger partial charge in [-0.05, 0) is 216 Å². The first kappa shape index (κ1) is 29.5. The lowest BCUT2D eigenvalue weighted by molar-refractivity contribution is 1.68. The van der Waals surface area contributed by atoms with Crippen molar-refractivity contribution >= 4 is 97.0 Å². The smallest absolute Gasteiger partial charge is 0.0171 e. The molecule has 0 heterocycles. The normalized spacial score (nSPS) is 12.1. The number of fused-ring (bicyclic) bond motifs is 9. The first-order chi connectivity index (χ1) is 26.6. The summed E-state index contributed by atoms with van der Waals surface area (Å²) >= 11 is 0. The molecule has 0 saturated heterocycles. The zero-order chi connectivity index (χ0) is 35.3. The van der Waals surface area contributed by atoms with Crippen molar-refractivity contribution in [2.45, 2.75) is 0 Å². The first-order valence-corrected chi connectivity index (χ1v) is 18.8. The zero-order valence-corrected chi connectivity index (χ0v) is 29.5. The van der Waals surface area contributed by atoms with Gasteiger partial charge in [0.25, 0.3) is 0 Å². The predicted molar refractivity (Wildman–Crippen MR) is 235 cm³/mol. The third-order valence-electron chi connectivity index (χ3n) is 11.7. The number of benzene rings is 12. The summed E-state index contributed by atoms with van der Waals surface area (Å²) in [7, 11) is 0. The fraction of sp³-hybridized carbons (Fsp3) is 0. The van der Waals surface area contributed by atoms with Crippen LogP contribution in [0.1, 0.15) is 0 Å². The van der Waals surface area contributed by atoms with E-state index in [0.29, 0.717) is 0 Å². The highest BCUT2D eigenvalue weighted by molar-refractivity contribution is 6.10. The lowest BCUT2D eigenvalue weighted by Gasteiger charge is -2.11. The van der Waals surface area contributed by atoms with E-state index in [0.717, 1.165) is 0 Å². The lowest BCUT2D eigenvalue weighted by Crippen LogP contribution is -1.84. The Kier molecular flexibility index (Phi) is 6.15. The average Bonchev–Trinajstić information content (AvgIpc) is 3.21. The van der Waals surface area contributed by atoms with Gasteiger partial charge in [-0.15, -0.1) is 0 Å². The van der Waals surface area contributed by atoms with Crippen LogP contribution in [0.5, 0.6) is 0 Å². The summed E-state index contributed by atoms with van der Waals surface area (Å²) in [5.74, 6) is 0. The van der Waals surface area contributed by atoms with E-state index in [2.05, 4.69) is 194 Å². The first-order valence-electron chi connectivity index (χ1n) is 18.8. The summed E-state index contributed by atoms with van der Waals surface area (Å²) in [4.78, 5) is 0. The number of hydrogen-bond donors (Lipinski definition) is 0. The topological polar surface area (TPSA) is 0 Å². The summed E-state index contributed by atoms with van der Waals surface area (Å²) in [6, 6.07) is 72.8. The Morgan fingerprint density at radius 3 is 0.537 bits per heavy atom. The minimum Gasteiger partial charge on any atom is -0.0616 e. The maximum absolute atomic E-state index is 2.36. The van der Waals surface area contributed by atoms with Crippen LogP contribution in [-0.4, -0.2) is 0 Å². The highest BCUT2D eigenvalue weighted by atomic mass is 14.1. The van der Waals surface area contributed by atoms with Gasteiger partial charge in [-0.25, -0.2) is 0 Å². The maximum atomic E-state index is 2.36. The fourth-order valence-corrected chi connectivity index (χ4v) is 8.85. The van der Waals surface area contributed by atoms with Crippen molar-refractivity contribution in [3.8, 4) is 22.3 Å². The Balaban J connectivity index is 0.904. The molecule has 0 saturated carbocycles. The second-order valence-electron chi connectivity index (χ2n) is 15.1. The van der Waals surface area contributed by atoms with Crippen LogP contribution >= 0.6 is 0 Å². The highest BCUT2D eigenvalue weighted by Crippen LogP contribution is 2.36. The largest absolute Gasteiger partial charge is 0.0616 e. The molecule has 0 spiro atoms. The number of hydrogen-bond acceptors (Lipinski definition) is 0. The second-order valence-corrected chi connectivity index (χ2v) is 15.1. The van der Waals surface area contributed by atoms with Gasteiger partial charge in [0.1, 0.15) is 0 Å². The van der Waals surface area contributed by atoms with E-state index in [1.807, 2.05) is 0 Å². The van der Waals surface area contributed by atoms with E-state index in [1.54, 1.807) is 0 Å². The Morgan fingerprint density at radius 2 is 0.296 bits per heavy atom. The van der Waals surface area contributed by atoms with Gasteiger partial charge < -0.3 is 0 Å². The van der Waals surface area contributed by atoms with Gasteiger partial charge in [0.05, 0.1) is 0 Å². The van der Waals surface area contributed by atoms with Crippen LogP contribution in [0.15, 0.2) is 194 Å². The Labute approximate surface area is 312 Å². The quantitative estimate of drug-likeness (QED) is 0.159. The molecular weight excluding hydrogens is 649 g/mol. The molecule has 0 amide bonds. The van der Waals surface area contributed by atoms with Crippen molar-refractivity contribution < 1.29 is 0 Å². The van der Waals surface area contributed by atoms with Crippen molar-refractivity contribution in [3.05, 3.63) is 194 Å². The van der Waals surface area contributed by atoms with Gasteiger partial charge in [0.2, 0.25) is 0 Å². The molecule has 0 aromatic heterocycles. The molecule has 0 aliphatic carbocycles. The van der Waals surface area contributed by atoms with Crippen LogP contribution in [0.2, 0.25) is 0 Å². The van der Waals surface area contributed by atoms with Gasteiger partial charge >= 0.3 is 0 Å². The summed E-state index contributed by atoms with van der Waals surface area (Å²) in [6.45, 7) is 0. The summed E-state index contributed by atoms with van der Waals surface area (Å²) in [5.41, 5.74) is 4.97. The van der Waals surface area contributed by atoms with Gasteiger partial charge in [0.15, 0.2) is 0 Å². The Hall–Kier alpha value is -7.02. The van der Waals surface area contributed by atoms with Crippen molar-refractivity contribution in [2.24, 2.45) is 0 Å². The van der Waals surface area contributed by atoms with Gasteiger partial charge in [-0.2, -0.15) is 0 Å². The van der Waals surface area contributed by atoms with Gasteiger partial charge in [0, 0.05) is 0 Å². The Bertz CT molecular complexity index is 3550. The lowest BCUT2D eigenvalue weighted by atomic mass is 9.93. The van der Waals surface area contributed by atoms with Crippen LogP contribution in [0.4, 0.5) is 0 Å². The van der Waals surface area contributed by atoms with Gasteiger partial charge in [-0.3, -0.25) is 0 Å². The molecule has 12 aromatic carbocycles. The van der Waals surface area contributed by atoms with Crippen LogP contribution in [0, 0.1) is 0 Å². The van der Waals surface area contributed by atoms with E-state index < -0.39 is 0 Å². The summed E-state index contributed by atoms with van der Waals surface area (Å²) in [6.07, 6.45) is 0. The molecule has 0 aliphatic heterocycles. The van der Waals surface area contributed by atoms with E-state index in [4.69, 9.17) is 0 Å². The fourth-order valence-electron chi connectivity index (χ4n) is 8.85. The van der Waals surface area contributed by atoms with E-state index in [1.165, 1.54) is 119 Å². The van der Waals surface area contributed by atoms with Crippen LogP contribution in [0.25, 0.3) is 119 Å². The average molecular weight is 681 g/mol. The summed E-state index contributed by atoms with van der Waals surface area (Å²) in [5, 5.41) is 22.9. The second kappa shape index (κ2) is 11.2. The molecule has 0 atom stereocenters. The van der Waals surface area contributed by atoms with Crippen molar-refractivity contribution in [1.82, 2.24) is 0 Å².